The SMILES string of the molecule is COc1ccc(CC[NH2+]CCC[NH+]2C=Nc3ccccc32)cc1.[Cl-].[Cl-]. The van der Waals surface area contributed by atoms with Crippen molar-refractivity contribution in [2.24, 2.45) is 4.99 Å². The summed E-state index contributed by atoms with van der Waals surface area (Å²) in [6, 6.07) is 16.8. The number of nitrogens with zero attached hydrogens (tertiary/aromatic N) is 1. The molecule has 0 aromatic heterocycles. The van der Waals surface area contributed by atoms with Crippen LogP contribution in [-0.4, -0.2) is 33.1 Å². The first-order valence-electron chi connectivity index (χ1n) is 8.31. The molecule has 1 atom stereocenters. The molecule has 6 heteroatoms. The Morgan fingerprint density at radius 3 is 2.52 bits per heavy atom. The van der Waals surface area contributed by atoms with E-state index in [-0.39, 0.29) is 24.8 Å². The van der Waals surface area contributed by atoms with Crippen LogP contribution >= 0.6 is 0 Å². The van der Waals surface area contributed by atoms with Crippen LogP contribution in [0.3, 0.4) is 0 Å². The van der Waals surface area contributed by atoms with Gasteiger partial charge in [0.15, 0.2) is 12.0 Å². The standard InChI is InChI=1S/C19H23N3O.2ClH/c1-23-17-9-7-16(8-10-17)11-13-20-12-4-14-22-15-21-18-5-2-3-6-19(18)22;;/h2-3,5-10,15,20H,4,11-14H2,1H3;2*1H. The number of rotatable bonds is 8. The van der Waals surface area contributed by atoms with Gasteiger partial charge >= 0.3 is 0 Å². The van der Waals surface area contributed by atoms with Crippen molar-refractivity contribution in [3.63, 3.8) is 0 Å². The number of aliphatic imine (C=N–C) groups is 1. The van der Waals surface area contributed by atoms with E-state index in [1.807, 2.05) is 24.5 Å². The molecule has 0 saturated heterocycles. The van der Waals surface area contributed by atoms with E-state index in [1.54, 1.807) is 7.11 Å². The third-order valence-electron chi connectivity index (χ3n) is 4.26. The number of nitrogens with one attached hydrogen (secondary N) is 1. The summed E-state index contributed by atoms with van der Waals surface area (Å²) in [5.41, 5.74) is 3.80. The first-order valence-corrected chi connectivity index (χ1v) is 8.31. The van der Waals surface area contributed by atoms with E-state index in [9.17, 15) is 0 Å². The van der Waals surface area contributed by atoms with Crippen molar-refractivity contribution < 1.29 is 39.8 Å². The van der Waals surface area contributed by atoms with Gasteiger partial charge in [-0.05, 0) is 23.8 Å². The first-order chi connectivity index (χ1) is 11.4. The number of methoxy groups -OCH3 is 1. The maximum atomic E-state index is 5.18. The smallest absolute Gasteiger partial charge is 0.194 e. The van der Waals surface area contributed by atoms with Crippen molar-refractivity contribution in [1.82, 2.24) is 0 Å². The fraction of sp³-hybridized carbons (Fsp3) is 0.316. The van der Waals surface area contributed by atoms with Gasteiger partial charge in [0.2, 0.25) is 0 Å². The van der Waals surface area contributed by atoms with Gasteiger partial charge in [0.05, 0.1) is 26.7 Å². The molecule has 2 aromatic carbocycles. The van der Waals surface area contributed by atoms with Crippen LogP contribution in [0.25, 0.3) is 0 Å². The lowest BCUT2D eigenvalue weighted by molar-refractivity contribution is -0.728. The summed E-state index contributed by atoms with van der Waals surface area (Å²) in [6.07, 6.45) is 4.32. The number of halogens is 2. The normalized spacial score (nSPS) is 14.4. The Morgan fingerprint density at radius 2 is 1.76 bits per heavy atom. The number of benzene rings is 2. The summed E-state index contributed by atoms with van der Waals surface area (Å²) in [4.78, 5) is 5.85. The number of hydrogen-bond donors (Lipinski definition) is 2. The molecule has 1 aliphatic rings. The Labute approximate surface area is 162 Å². The first kappa shape index (κ1) is 21.5. The Balaban J connectivity index is 0.00000156. The van der Waals surface area contributed by atoms with Crippen molar-refractivity contribution >= 4 is 17.7 Å². The minimum Gasteiger partial charge on any atom is -1.00 e. The summed E-state index contributed by atoms with van der Waals surface area (Å²) in [7, 11) is 1.70. The number of ether oxygens (including phenoxy) is 1. The second-order valence-corrected chi connectivity index (χ2v) is 5.87. The molecule has 3 N–H and O–H groups in total. The van der Waals surface area contributed by atoms with Crippen molar-refractivity contribution in [1.29, 1.82) is 0 Å². The molecule has 4 nitrogen and oxygen atoms in total. The van der Waals surface area contributed by atoms with E-state index in [2.05, 4.69) is 40.6 Å². The summed E-state index contributed by atoms with van der Waals surface area (Å²) in [6.45, 7) is 3.40. The number of para-hydroxylation sites is 2. The quantitative estimate of drug-likeness (QED) is 0.442. The van der Waals surface area contributed by atoms with E-state index in [4.69, 9.17) is 4.74 Å². The third-order valence-corrected chi connectivity index (χ3v) is 4.26. The second-order valence-electron chi connectivity index (χ2n) is 5.87. The maximum Gasteiger partial charge on any atom is 0.194 e. The van der Waals surface area contributed by atoms with E-state index in [0.29, 0.717) is 0 Å². The summed E-state index contributed by atoms with van der Waals surface area (Å²) in [5, 5.41) is 2.41. The molecule has 25 heavy (non-hydrogen) atoms. The van der Waals surface area contributed by atoms with Crippen LogP contribution in [0.1, 0.15) is 12.0 Å². The van der Waals surface area contributed by atoms with Crippen LogP contribution in [0.15, 0.2) is 53.5 Å². The molecule has 3 rings (SSSR count). The molecule has 0 fully saturated rings. The lowest BCUT2D eigenvalue weighted by atomic mass is 10.1. The Kier molecular flexibility index (Phi) is 9.53. The van der Waals surface area contributed by atoms with Crippen molar-refractivity contribution in [3.8, 4) is 5.75 Å². The van der Waals surface area contributed by atoms with Crippen LogP contribution in [-0.2, 0) is 6.42 Å². The van der Waals surface area contributed by atoms with Crippen LogP contribution in [0.5, 0.6) is 5.75 Å². The highest BCUT2D eigenvalue weighted by Gasteiger charge is 2.19. The van der Waals surface area contributed by atoms with E-state index >= 15 is 0 Å². The minimum absolute atomic E-state index is 0. The molecule has 0 spiro atoms. The molecule has 0 aliphatic carbocycles. The predicted molar refractivity (Wildman–Crippen MR) is 93.1 cm³/mol. The maximum absolute atomic E-state index is 5.18. The van der Waals surface area contributed by atoms with Gasteiger partial charge in [-0.1, -0.05) is 24.3 Å². The lowest BCUT2D eigenvalue weighted by Crippen LogP contribution is -3.05. The molecule has 1 aliphatic heterocycles. The Bertz CT molecular complexity index is 662. The molecule has 0 bridgehead atoms. The van der Waals surface area contributed by atoms with Crippen LogP contribution in [0.4, 0.5) is 11.4 Å². The van der Waals surface area contributed by atoms with Gasteiger partial charge < -0.3 is 34.9 Å². The molecule has 0 radical (unpaired) electrons. The molecule has 2 aromatic rings. The van der Waals surface area contributed by atoms with Crippen LogP contribution < -0.4 is 39.8 Å². The largest absolute Gasteiger partial charge is 1.00 e. The lowest BCUT2D eigenvalue weighted by Gasteiger charge is -2.09. The molecule has 136 valence electrons. The van der Waals surface area contributed by atoms with E-state index < -0.39 is 0 Å². The number of fused-ring (bicyclic) bond motifs is 1. The number of nitrogens with two attached hydrogens (primary N) is 1. The van der Waals surface area contributed by atoms with E-state index in [0.717, 1.165) is 37.5 Å². The molecule has 0 saturated carbocycles. The van der Waals surface area contributed by atoms with Gasteiger partial charge in [-0.25, -0.2) is 0 Å². The Morgan fingerprint density at radius 1 is 1.00 bits per heavy atom. The molecule has 0 amide bonds. The fourth-order valence-electron chi connectivity index (χ4n) is 2.92. The highest BCUT2D eigenvalue weighted by atomic mass is 35.5. The van der Waals surface area contributed by atoms with Crippen LogP contribution in [0.2, 0.25) is 0 Å². The molecule has 1 heterocycles. The van der Waals surface area contributed by atoms with Gasteiger partial charge in [-0.15, -0.1) is 0 Å². The Hall–Kier alpha value is -1.59. The van der Waals surface area contributed by atoms with Gasteiger partial charge in [0.25, 0.3) is 0 Å². The average molecular weight is 382 g/mol. The average Bonchev–Trinajstić information content (AvgIpc) is 3.02. The number of hydrogen-bond acceptors (Lipinski definition) is 2. The van der Waals surface area contributed by atoms with Gasteiger partial charge in [-0.3, -0.25) is 4.90 Å². The zero-order valence-corrected chi connectivity index (χ0v) is 15.9. The van der Waals surface area contributed by atoms with Gasteiger partial charge in [0.1, 0.15) is 11.4 Å². The zero-order valence-electron chi connectivity index (χ0n) is 14.4. The summed E-state index contributed by atoms with van der Waals surface area (Å²) in [5.74, 6) is 0.924. The summed E-state index contributed by atoms with van der Waals surface area (Å²) < 4.78 is 5.18. The minimum atomic E-state index is 0. The second kappa shape index (κ2) is 11.1. The van der Waals surface area contributed by atoms with Crippen molar-refractivity contribution in [3.05, 3.63) is 54.1 Å². The highest BCUT2D eigenvalue weighted by Crippen LogP contribution is 2.22. The van der Waals surface area contributed by atoms with Crippen molar-refractivity contribution in [2.75, 3.05) is 26.7 Å². The zero-order chi connectivity index (χ0) is 15.9. The van der Waals surface area contributed by atoms with Gasteiger partial charge in [0, 0.05) is 18.9 Å². The highest BCUT2D eigenvalue weighted by molar-refractivity contribution is 5.71. The molecular formula is C19H25Cl2N3O. The van der Waals surface area contributed by atoms with Gasteiger partial charge in [-0.2, -0.15) is 4.99 Å². The third kappa shape index (κ3) is 6.01. The number of quaternary nitrogens is 2. The summed E-state index contributed by atoms with van der Waals surface area (Å²) >= 11 is 0. The fourth-order valence-corrected chi connectivity index (χ4v) is 2.92. The monoisotopic (exact) mass is 381 g/mol. The predicted octanol–water partition coefficient (Wildman–Crippen LogP) is -4.91. The molecular weight excluding hydrogens is 357 g/mol. The topological polar surface area (TPSA) is 42.6 Å². The van der Waals surface area contributed by atoms with E-state index in [1.165, 1.54) is 22.6 Å². The van der Waals surface area contributed by atoms with Crippen molar-refractivity contribution in [2.45, 2.75) is 12.8 Å². The molecule has 1 unspecified atom stereocenters. The van der Waals surface area contributed by atoms with Crippen LogP contribution in [0, 0.1) is 0 Å².